The highest BCUT2D eigenvalue weighted by atomic mass is 32.2. The quantitative estimate of drug-likeness (QED) is 0.781. The zero-order chi connectivity index (χ0) is 14.7. The summed E-state index contributed by atoms with van der Waals surface area (Å²) in [6, 6.07) is 5.29. The maximum absolute atomic E-state index is 10.8. The van der Waals surface area contributed by atoms with Crippen LogP contribution in [0.15, 0.2) is 18.2 Å². The topological polar surface area (TPSA) is 96.4 Å². The van der Waals surface area contributed by atoms with Gasteiger partial charge in [0.1, 0.15) is 6.10 Å². The Morgan fingerprint density at radius 2 is 2.25 bits per heavy atom. The molecule has 0 fully saturated rings. The SMILES string of the molecule is CC(=O)SCCC(O)C(O)c1ccc2nc(N)sc2c1. The van der Waals surface area contributed by atoms with Gasteiger partial charge in [-0.3, -0.25) is 4.79 Å². The highest BCUT2D eigenvalue weighted by molar-refractivity contribution is 8.13. The number of carbonyl (C=O) groups excluding carboxylic acids is 1. The van der Waals surface area contributed by atoms with Crippen molar-refractivity contribution in [3.05, 3.63) is 23.8 Å². The van der Waals surface area contributed by atoms with E-state index in [-0.39, 0.29) is 5.12 Å². The highest BCUT2D eigenvalue weighted by Crippen LogP contribution is 2.28. The number of aliphatic hydroxyl groups excluding tert-OH is 2. The molecule has 1 heterocycles. The van der Waals surface area contributed by atoms with Crippen molar-refractivity contribution in [1.82, 2.24) is 4.98 Å². The minimum atomic E-state index is -0.977. The average molecular weight is 312 g/mol. The van der Waals surface area contributed by atoms with Crippen LogP contribution in [0.2, 0.25) is 0 Å². The summed E-state index contributed by atoms with van der Waals surface area (Å²) in [5.41, 5.74) is 7.04. The van der Waals surface area contributed by atoms with Crippen LogP contribution in [0.1, 0.15) is 25.0 Å². The van der Waals surface area contributed by atoms with Gasteiger partial charge in [0.05, 0.1) is 16.3 Å². The maximum atomic E-state index is 10.8. The summed E-state index contributed by atoms with van der Waals surface area (Å²) in [6.45, 7) is 1.48. The summed E-state index contributed by atoms with van der Waals surface area (Å²) in [6.07, 6.45) is -1.52. The Kier molecular flexibility index (Phi) is 4.98. The number of aromatic nitrogens is 1. The summed E-state index contributed by atoms with van der Waals surface area (Å²) in [5.74, 6) is 0.489. The van der Waals surface area contributed by atoms with Gasteiger partial charge in [-0.2, -0.15) is 0 Å². The van der Waals surface area contributed by atoms with Gasteiger partial charge in [0.15, 0.2) is 10.2 Å². The van der Waals surface area contributed by atoms with E-state index in [0.717, 1.165) is 22.0 Å². The molecule has 0 radical (unpaired) electrons. The predicted octanol–water partition coefficient (Wildman–Crippen LogP) is 1.94. The summed E-state index contributed by atoms with van der Waals surface area (Å²) in [7, 11) is 0. The van der Waals surface area contributed by atoms with Crippen LogP contribution >= 0.6 is 23.1 Å². The molecule has 20 heavy (non-hydrogen) atoms. The number of benzene rings is 1. The number of anilines is 1. The van der Waals surface area contributed by atoms with E-state index < -0.39 is 12.2 Å². The fourth-order valence-electron chi connectivity index (χ4n) is 1.85. The van der Waals surface area contributed by atoms with E-state index in [1.165, 1.54) is 18.3 Å². The lowest BCUT2D eigenvalue weighted by atomic mass is 10.0. The molecule has 0 saturated carbocycles. The minimum absolute atomic E-state index is 0.00763. The minimum Gasteiger partial charge on any atom is -0.390 e. The molecule has 0 spiro atoms. The van der Waals surface area contributed by atoms with Crippen molar-refractivity contribution >= 4 is 43.6 Å². The van der Waals surface area contributed by atoms with E-state index in [2.05, 4.69) is 4.98 Å². The molecule has 1 aromatic heterocycles. The van der Waals surface area contributed by atoms with Gasteiger partial charge in [-0.15, -0.1) is 0 Å². The molecule has 108 valence electrons. The van der Waals surface area contributed by atoms with Crippen molar-refractivity contribution < 1.29 is 15.0 Å². The van der Waals surface area contributed by atoms with Gasteiger partial charge in [-0.25, -0.2) is 4.98 Å². The Labute approximate surface area is 124 Å². The number of nitrogens with zero attached hydrogens (tertiary/aromatic N) is 1. The van der Waals surface area contributed by atoms with Crippen molar-refractivity contribution in [1.29, 1.82) is 0 Å². The number of thioether (sulfide) groups is 1. The van der Waals surface area contributed by atoms with Crippen LogP contribution in [-0.4, -0.2) is 32.2 Å². The van der Waals surface area contributed by atoms with E-state index in [0.29, 0.717) is 22.9 Å². The molecule has 2 aromatic rings. The molecule has 0 aliphatic carbocycles. The fraction of sp³-hybridized carbons (Fsp3) is 0.385. The zero-order valence-electron chi connectivity index (χ0n) is 10.9. The molecular weight excluding hydrogens is 296 g/mol. The first-order valence-corrected chi connectivity index (χ1v) is 7.93. The van der Waals surface area contributed by atoms with Gasteiger partial charge in [-0.05, 0) is 24.1 Å². The second kappa shape index (κ2) is 6.53. The molecule has 1 aromatic carbocycles. The molecule has 0 saturated heterocycles. The Bertz CT molecular complexity index is 615. The van der Waals surface area contributed by atoms with Gasteiger partial charge in [-0.1, -0.05) is 29.2 Å². The number of carbonyl (C=O) groups is 1. The normalized spacial score (nSPS) is 14.3. The third-order valence-corrected chi connectivity index (χ3v) is 4.55. The van der Waals surface area contributed by atoms with Gasteiger partial charge in [0.2, 0.25) is 0 Å². The van der Waals surface area contributed by atoms with Crippen LogP contribution in [0.25, 0.3) is 10.2 Å². The summed E-state index contributed by atoms with van der Waals surface area (Å²) < 4.78 is 0.879. The van der Waals surface area contributed by atoms with Crippen LogP contribution in [0.3, 0.4) is 0 Å². The maximum Gasteiger partial charge on any atom is 0.185 e. The number of hydrogen-bond acceptors (Lipinski definition) is 7. The second-order valence-corrected chi connectivity index (χ2v) is 6.75. The molecule has 7 heteroatoms. The molecule has 0 aliphatic heterocycles. The molecule has 2 atom stereocenters. The smallest absolute Gasteiger partial charge is 0.185 e. The van der Waals surface area contributed by atoms with Crippen molar-refractivity contribution in [2.75, 3.05) is 11.5 Å². The van der Waals surface area contributed by atoms with Crippen molar-refractivity contribution in [3.8, 4) is 0 Å². The van der Waals surface area contributed by atoms with E-state index in [1.54, 1.807) is 18.2 Å². The molecule has 5 nitrogen and oxygen atoms in total. The van der Waals surface area contributed by atoms with Gasteiger partial charge in [0, 0.05) is 12.7 Å². The molecule has 0 bridgehead atoms. The Morgan fingerprint density at radius 1 is 1.50 bits per heavy atom. The largest absolute Gasteiger partial charge is 0.390 e. The second-order valence-electron chi connectivity index (χ2n) is 4.42. The van der Waals surface area contributed by atoms with Crippen molar-refractivity contribution in [2.45, 2.75) is 25.6 Å². The number of fused-ring (bicyclic) bond motifs is 1. The van der Waals surface area contributed by atoms with Gasteiger partial charge < -0.3 is 15.9 Å². The Hall–Kier alpha value is -1.15. The van der Waals surface area contributed by atoms with Crippen LogP contribution in [0.5, 0.6) is 0 Å². The highest BCUT2D eigenvalue weighted by Gasteiger charge is 2.19. The third-order valence-electron chi connectivity index (χ3n) is 2.85. The standard InChI is InChI=1S/C13H16N2O3S2/c1-7(16)19-5-4-10(17)12(18)8-2-3-9-11(6-8)20-13(14)15-9/h2-3,6,10,12,17-18H,4-5H2,1H3,(H2,14,15). The van der Waals surface area contributed by atoms with Crippen molar-refractivity contribution in [2.24, 2.45) is 0 Å². The van der Waals surface area contributed by atoms with E-state index >= 15 is 0 Å². The van der Waals surface area contributed by atoms with Crippen LogP contribution in [-0.2, 0) is 4.79 Å². The fourth-order valence-corrected chi connectivity index (χ4v) is 3.28. The Morgan fingerprint density at radius 3 is 2.95 bits per heavy atom. The summed E-state index contributed by atoms with van der Waals surface area (Å²) >= 11 is 2.49. The number of nitrogen functional groups attached to an aromatic ring is 1. The lowest BCUT2D eigenvalue weighted by molar-refractivity contribution is -0.109. The monoisotopic (exact) mass is 312 g/mol. The summed E-state index contributed by atoms with van der Waals surface area (Å²) in [5, 5.41) is 20.6. The number of rotatable bonds is 5. The average Bonchev–Trinajstić information content (AvgIpc) is 2.76. The molecule has 2 rings (SSSR count). The van der Waals surface area contributed by atoms with Crippen molar-refractivity contribution in [3.63, 3.8) is 0 Å². The number of aliphatic hydroxyl groups is 2. The van der Waals surface area contributed by atoms with Crippen LogP contribution < -0.4 is 5.73 Å². The Balaban J connectivity index is 2.05. The molecule has 4 N–H and O–H groups in total. The van der Waals surface area contributed by atoms with Gasteiger partial charge >= 0.3 is 0 Å². The lowest BCUT2D eigenvalue weighted by Gasteiger charge is -2.17. The van der Waals surface area contributed by atoms with Gasteiger partial charge in [0.25, 0.3) is 0 Å². The predicted molar refractivity (Wildman–Crippen MR) is 82.8 cm³/mol. The zero-order valence-corrected chi connectivity index (χ0v) is 12.6. The first-order valence-electron chi connectivity index (χ1n) is 6.13. The van der Waals surface area contributed by atoms with E-state index in [4.69, 9.17) is 5.73 Å². The van der Waals surface area contributed by atoms with Crippen LogP contribution in [0, 0.1) is 0 Å². The molecule has 2 unspecified atom stereocenters. The van der Waals surface area contributed by atoms with Crippen LogP contribution in [0.4, 0.5) is 5.13 Å². The number of hydrogen-bond donors (Lipinski definition) is 3. The van der Waals surface area contributed by atoms with E-state index in [1.807, 2.05) is 0 Å². The molecular formula is C13H16N2O3S2. The number of nitrogens with two attached hydrogens (primary N) is 1. The molecule has 0 amide bonds. The molecule has 0 aliphatic rings. The third kappa shape index (κ3) is 3.69. The first kappa shape index (κ1) is 15.2. The first-order chi connectivity index (χ1) is 9.47. The lowest BCUT2D eigenvalue weighted by Crippen LogP contribution is -2.19. The number of thiazole rings is 1. The van der Waals surface area contributed by atoms with E-state index in [9.17, 15) is 15.0 Å². The summed E-state index contributed by atoms with van der Waals surface area (Å²) in [4.78, 5) is 15.0.